The lowest BCUT2D eigenvalue weighted by Gasteiger charge is -2.15. The molecule has 1 fully saturated rings. The van der Waals surface area contributed by atoms with Crippen LogP contribution in [0.2, 0.25) is 0 Å². The third-order valence-corrected chi connectivity index (χ3v) is 5.19. The van der Waals surface area contributed by atoms with Crippen LogP contribution in [0.3, 0.4) is 0 Å². The number of carbonyl (C=O) groups excluding carboxylic acids is 3. The lowest BCUT2D eigenvalue weighted by molar-refractivity contribution is -0.140. The van der Waals surface area contributed by atoms with Gasteiger partial charge in [0.25, 0.3) is 5.91 Å². The molecule has 136 valence electrons. The van der Waals surface area contributed by atoms with Crippen LogP contribution in [0.1, 0.15) is 28.8 Å². The average molecular weight is 360 g/mol. The molecule has 0 aromatic heterocycles. The van der Waals surface area contributed by atoms with Crippen molar-refractivity contribution in [2.24, 2.45) is 11.8 Å². The van der Waals surface area contributed by atoms with Crippen LogP contribution < -0.4 is 5.32 Å². The van der Waals surface area contributed by atoms with Crippen molar-refractivity contribution < 1.29 is 14.4 Å². The van der Waals surface area contributed by atoms with E-state index in [1.54, 1.807) is 24.3 Å². The Morgan fingerprint density at radius 3 is 2.07 bits per heavy atom. The topological polar surface area (TPSA) is 66.5 Å². The third kappa shape index (κ3) is 3.40. The Kier molecular flexibility index (Phi) is 4.59. The SMILES string of the molecule is O=C(Nc1ccccc1)c1ccc(CN2C(=O)[C@@H]3CC=CC[C@H]3C2=O)cc1. The van der Waals surface area contributed by atoms with Gasteiger partial charge in [-0.25, -0.2) is 0 Å². The minimum Gasteiger partial charge on any atom is -0.322 e. The molecule has 1 N–H and O–H groups in total. The molecule has 1 aliphatic heterocycles. The first-order valence-corrected chi connectivity index (χ1v) is 9.09. The van der Waals surface area contributed by atoms with Gasteiger partial charge in [0.15, 0.2) is 0 Å². The van der Waals surface area contributed by atoms with E-state index in [0.29, 0.717) is 18.4 Å². The van der Waals surface area contributed by atoms with Crippen LogP contribution in [0.25, 0.3) is 0 Å². The number of likely N-dealkylation sites (tertiary alicyclic amines) is 1. The molecule has 0 unspecified atom stereocenters. The van der Waals surface area contributed by atoms with E-state index in [1.165, 1.54) is 4.90 Å². The Morgan fingerprint density at radius 1 is 0.889 bits per heavy atom. The number of amides is 3. The third-order valence-electron chi connectivity index (χ3n) is 5.19. The highest BCUT2D eigenvalue weighted by Gasteiger charge is 2.46. The Bertz CT molecular complexity index is 877. The van der Waals surface area contributed by atoms with Crippen LogP contribution >= 0.6 is 0 Å². The van der Waals surface area contributed by atoms with E-state index in [9.17, 15) is 14.4 Å². The monoisotopic (exact) mass is 360 g/mol. The van der Waals surface area contributed by atoms with Crippen molar-refractivity contribution in [1.29, 1.82) is 0 Å². The number of benzene rings is 2. The fraction of sp³-hybridized carbons (Fsp3) is 0.227. The van der Waals surface area contributed by atoms with E-state index >= 15 is 0 Å². The number of nitrogens with one attached hydrogen (secondary N) is 1. The van der Waals surface area contributed by atoms with Gasteiger partial charge in [0.1, 0.15) is 0 Å². The van der Waals surface area contributed by atoms with Gasteiger partial charge in [0, 0.05) is 11.3 Å². The first-order valence-electron chi connectivity index (χ1n) is 9.09. The molecule has 1 aliphatic carbocycles. The van der Waals surface area contributed by atoms with E-state index in [4.69, 9.17) is 0 Å². The van der Waals surface area contributed by atoms with Crippen molar-refractivity contribution in [2.75, 3.05) is 5.32 Å². The number of hydrogen-bond donors (Lipinski definition) is 1. The predicted octanol–water partition coefficient (Wildman–Crippen LogP) is 3.39. The zero-order chi connectivity index (χ0) is 18.8. The van der Waals surface area contributed by atoms with Gasteiger partial charge in [0.2, 0.25) is 11.8 Å². The fourth-order valence-electron chi connectivity index (χ4n) is 3.69. The highest BCUT2D eigenvalue weighted by atomic mass is 16.2. The van der Waals surface area contributed by atoms with Crippen LogP contribution in [0.4, 0.5) is 5.69 Å². The number of fused-ring (bicyclic) bond motifs is 1. The van der Waals surface area contributed by atoms with Crippen LogP contribution in [-0.4, -0.2) is 22.6 Å². The molecule has 2 aromatic rings. The van der Waals surface area contributed by atoms with Crippen molar-refractivity contribution in [2.45, 2.75) is 19.4 Å². The first kappa shape index (κ1) is 17.2. The number of nitrogens with zero attached hydrogens (tertiary/aromatic N) is 1. The van der Waals surface area contributed by atoms with Crippen molar-refractivity contribution in [3.63, 3.8) is 0 Å². The maximum Gasteiger partial charge on any atom is 0.255 e. The minimum absolute atomic E-state index is 0.0831. The molecule has 1 heterocycles. The molecule has 3 amide bonds. The highest BCUT2D eigenvalue weighted by molar-refractivity contribution is 6.05. The zero-order valence-corrected chi connectivity index (χ0v) is 14.8. The Labute approximate surface area is 157 Å². The number of allylic oxidation sites excluding steroid dienone is 2. The molecular weight excluding hydrogens is 340 g/mol. The van der Waals surface area contributed by atoms with Crippen LogP contribution in [-0.2, 0) is 16.1 Å². The molecule has 0 saturated carbocycles. The molecule has 0 spiro atoms. The summed E-state index contributed by atoms with van der Waals surface area (Å²) in [5, 5.41) is 2.83. The number of para-hydroxylation sites is 1. The average Bonchev–Trinajstić information content (AvgIpc) is 2.94. The predicted molar refractivity (Wildman–Crippen MR) is 102 cm³/mol. The minimum atomic E-state index is -0.210. The summed E-state index contributed by atoms with van der Waals surface area (Å²) < 4.78 is 0. The molecule has 27 heavy (non-hydrogen) atoms. The molecule has 2 aliphatic rings. The lowest BCUT2D eigenvalue weighted by atomic mass is 9.85. The van der Waals surface area contributed by atoms with Crippen LogP contribution in [0.15, 0.2) is 66.7 Å². The molecule has 0 bridgehead atoms. The fourth-order valence-corrected chi connectivity index (χ4v) is 3.69. The van der Waals surface area contributed by atoms with Gasteiger partial charge in [-0.15, -0.1) is 0 Å². The number of anilines is 1. The molecule has 0 radical (unpaired) electrons. The molecule has 5 nitrogen and oxygen atoms in total. The van der Waals surface area contributed by atoms with Gasteiger partial charge in [-0.3, -0.25) is 19.3 Å². The van der Waals surface area contributed by atoms with Crippen LogP contribution in [0.5, 0.6) is 0 Å². The molecule has 1 saturated heterocycles. The van der Waals surface area contributed by atoms with Crippen molar-refractivity contribution in [3.05, 3.63) is 77.9 Å². The summed E-state index contributed by atoms with van der Waals surface area (Å²) in [6.07, 6.45) is 5.25. The van der Waals surface area contributed by atoms with E-state index in [2.05, 4.69) is 5.32 Å². The second-order valence-electron chi connectivity index (χ2n) is 6.94. The van der Waals surface area contributed by atoms with Crippen LogP contribution in [0, 0.1) is 11.8 Å². The smallest absolute Gasteiger partial charge is 0.255 e. The van der Waals surface area contributed by atoms with Crippen molar-refractivity contribution in [3.8, 4) is 0 Å². The van der Waals surface area contributed by atoms with Gasteiger partial charge in [0.05, 0.1) is 18.4 Å². The van der Waals surface area contributed by atoms with Gasteiger partial charge in [-0.05, 0) is 42.7 Å². The zero-order valence-electron chi connectivity index (χ0n) is 14.8. The van der Waals surface area contributed by atoms with E-state index in [1.807, 2.05) is 42.5 Å². The summed E-state index contributed by atoms with van der Waals surface area (Å²) in [5.74, 6) is -0.782. The molecule has 2 atom stereocenters. The molecule has 4 rings (SSSR count). The van der Waals surface area contributed by atoms with E-state index in [-0.39, 0.29) is 36.1 Å². The van der Waals surface area contributed by atoms with Gasteiger partial charge in [-0.2, -0.15) is 0 Å². The standard InChI is InChI=1S/C22H20N2O3/c25-20(23-17-6-2-1-3-7-17)16-12-10-15(11-13-16)14-24-21(26)18-8-4-5-9-19(18)22(24)27/h1-7,10-13,18-19H,8-9,14H2,(H,23,25)/t18-,19-/m1/s1. The quantitative estimate of drug-likeness (QED) is 0.671. The van der Waals surface area contributed by atoms with Gasteiger partial charge < -0.3 is 5.32 Å². The van der Waals surface area contributed by atoms with E-state index < -0.39 is 0 Å². The first-order chi connectivity index (χ1) is 13.1. The summed E-state index contributed by atoms with van der Waals surface area (Å²) in [6.45, 7) is 0.255. The summed E-state index contributed by atoms with van der Waals surface area (Å²) in [5.41, 5.74) is 2.09. The number of hydrogen-bond acceptors (Lipinski definition) is 3. The Balaban J connectivity index is 1.43. The largest absolute Gasteiger partial charge is 0.322 e. The Morgan fingerprint density at radius 2 is 1.48 bits per heavy atom. The summed E-state index contributed by atoms with van der Waals surface area (Å²) >= 11 is 0. The van der Waals surface area contributed by atoms with Gasteiger partial charge in [-0.1, -0.05) is 42.5 Å². The number of rotatable bonds is 4. The summed E-state index contributed by atoms with van der Waals surface area (Å²) in [4.78, 5) is 38.8. The second kappa shape index (κ2) is 7.19. The van der Waals surface area contributed by atoms with Crippen molar-refractivity contribution in [1.82, 2.24) is 4.90 Å². The van der Waals surface area contributed by atoms with Gasteiger partial charge >= 0.3 is 0 Å². The number of carbonyl (C=O) groups is 3. The molecule has 5 heteroatoms. The summed E-state index contributed by atoms with van der Waals surface area (Å²) in [7, 11) is 0. The lowest BCUT2D eigenvalue weighted by Crippen LogP contribution is -2.30. The normalized spacial score (nSPS) is 21.3. The highest BCUT2D eigenvalue weighted by Crippen LogP contribution is 2.35. The molecular formula is C22H20N2O3. The molecule has 2 aromatic carbocycles. The summed E-state index contributed by atoms with van der Waals surface area (Å²) in [6, 6.07) is 16.3. The Hall–Kier alpha value is -3.21. The maximum atomic E-state index is 12.5. The number of imide groups is 1. The maximum absolute atomic E-state index is 12.5. The second-order valence-corrected chi connectivity index (χ2v) is 6.94. The van der Waals surface area contributed by atoms with Crippen molar-refractivity contribution >= 4 is 23.4 Å². The van der Waals surface area contributed by atoms with E-state index in [0.717, 1.165) is 11.3 Å².